The summed E-state index contributed by atoms with van der Waals surface area (Å²) in [6.07, 6.45) is 1.72. The third-order valence-corrected chi connectivity index (χ3v) is 5.04. The number of carbonyl (C=O) groups is 1. The third-order valence-electron chi connectivity index (χ3n) is 5.04. The molecule has 0 aliphatic heterocycles. The van der Waals surface area contributed by atoms with E-state index in [4.69, 9.17) is 13.9 Å². The summed E-state index contributed by atoms with van der Waals surface area (Å²) in [4.78, 5) is 12.0. The zero-order chi connectivity index (χ0) is 28.2. The predicted molar refractivity (Wildman–Crippen MR) is 151 cm³/mol. The van der Waals surface area contributed by atoms with Crippen molar-refractivity contribution in [1.29, 1.82) is 0 Å². The number of halogens is 1. The van der Waals surface area contributed by atoms with Crippen molar-refractivity contribution in [1.82, 2.24) is 5.32 Å². The summed E-state index contributed by atoms with van der Waals surface area (Å²) in [5, 5.41) is 3.44. The van der Waals surface area contributed by atoms with E-state index in [1.165, 1.54) is 0 Å². The molecule has 0 radical (unpaired) electrons. The molecule has 0 saturated carbocycles. The first-order chi connectivity index (χ1) is 17.6. The molecule has 6 heteroatoms. The van der Waals surface area contributed by atoms with E-state index in [1.54, 1.807) is 45.2 Å². The number of hydrogen-bond donors (Lipinski definition) is 1. The minimum Gasteiger partial charge on any atom is -0.489 e. The van der Waals surface area contributed by atoms with E-state index in [0.29, 0.717) is 28.0 Å². The second kappa shape index (κ2) is 14.9. The zero-order valence-corrected chi connectivity index (χ0v) is 23.6. The van der Waals surface area contributed by atoms with Crippen molar-refractivity contribution in [3.8, 4) is 11.1 Å². The molecule has 0 aliphatic carbocycles. The number of carbonyl (C=O) groups excluding carboxylic acids is 1. The largest absolute Gasteiger partial charge is 0.489 e. The molecule has 3 rings (SSSR count). The number of nitrogens with one attached hydrogen (secondary N) is 1. The number of fused-ring (bicyclic) bond motifs is 1. The van der Waals surface area contributed by atoms with Crippen LogP contribution in [0.3, 0.4) is 0 Å². The fourth-order valence-corrected chi connectivity index (χ4v) is 3.30. The van der Waals surface area contributed by atoms with E-state index < -0.39 is 17.5 Å². The van der Waals surface area contributed by atoms with Gasteiger partial charge in [0, 0.05) is 28.6 Å². The number of allylic oxidation sites excluding steroid dienone is 1. The second-order valence-electron chi connectivity index (χ2n) is 8.79. The van der Waals surface area contributed by atoms with Crippen molar-refractivity contribution < 1.29 is 23.1 Å². The van der Waals surface area contributed by atoms with Crippen LogP contribution in [0, 0.1) is 5.82 Å². The van der Waals surface area contributed by atoms with Gasteiger partial charge in [-0.15, -0.1) is 0 Å². The first kappa shape index (κ1) is 31.5. The molecule has 1 amide bonds. The third kappa shape index (κ3) is 9.12. The summed E-state index contributed by atoms with van der Waals surface area (Å²) in [6, 6.07) is 10.7. The fourth-order valence-electron chi connectivity index (χ4n) is 3.30. The summed E-state index contributed by atoms with van der Waals surface area (Å²) >= 11 is 0. The molecule has 0 unspecified atom stereocenters. The Labute approximate surface area is 221 Å². The zero-order valence-electron chi connectivity index (χ0n) is 23.6. The number of ether oxygens (including phenoxy) is 2. The Hall–Kier alpha value is -3.54. The molecule has 0 spiro atoms. The molecule has 1 aromatic heterocycles. The summed E-state index contributed by atoms with van der Waals surface area (Å²) in [6.45, 7) is 23.4. The van der Waals surface area contributed by atoms with Gasteiger partial charge in [0.1, 0.15) is 29.4 Å². The van der Waals surface area contributed by atoms with Gasteiger partial charge in [0.2, 0.25) is 0 Å². The topological polar surface area (TPSA) is 60.7 Å². The number of furan rings is 1. The van der Waals surface area contributed by atoms with Crippen LogP contribution in [0.2, 0.25) is 0 Å². The minimum absolute atomic E-state index is 0.00234. The Morgan fingerprint density at radius 2 is 1.73 bits per heavy atom. The van der Waals surface area contributed by atoms with Gasteiger partial charge < -0.3 is 19.2 Å². The molecule has 202 valence electrons. The summed E-state index contributed by atoms with van der Waals surface area (Å²) in [5.41, 5.74) is 2.94. The molecule has 3 aromatic rings. The lowest BCUT2D eigenvalue weighted by atomic mass is 9.98. The van der Waals surface area contributed by atoms with Crippen LogP contribution < -0.4 is 5.32 Å². The summed E-state index contributed by atoms with van der Waals surface area (Å²) < 4.78 is 32.2. The van der Waals surface area contributed by atoms with Crippen LogP contribution >= 0.6 is 0 Å². The van der Waals surface area contributed by atoms with Gasteiger partial charge in [0.25, 0.3) is 0 Å². The highest BCUT2D eigenvalue weighted by atomic mass is 19.1. The number of hydrogen-bond acceptors (Lipinski definition) is 4. The Morgan fingerprint density at radius 3 is 2.35 bits per heavy atom. The van der Waals surface area contributed by atoms with Crippen LogP contribution in [0.1, 0.15) is 72.9 Å². The molecule has 1 heterocycles. The van der Waals surface area contributed by atoms with E-state index in [1.807, 2.05) is 52.8 Å². The van der Waals surface area contributed by atoms with Gasteiger partial charge in [-0.3, -0.25) is 0 Å². The van der Waals surface area contributed by atoms with Crippen LogP contribution in [-0.2, 0) is 22.6 Å². The Morgan fingerprint density at radius 1 is 1.05 bits per heavy atom. The second-order valence-corrected chi connectivity index (χ2v) is 8.79. The highest BCUT2D eigenvalue weighted by Crippen LogP contribution is 2.34. The lowest BCUT2D eigenvalue weighted by Gasteiger charge is -2.20. The Balaban J connectivity index is 0.00000163. The molecule has 0 fully saturated rings. The highest BCUT2D eigenvalue weighted by molar-refractivity contribution is 5.93. The molecular formula is C31H42FNO4. The van der Waals surface area contributed by atoms with E-state index in [-0.39, 0.29) is 13.2 Å². The summed E-state index contributed by atoms with van der Waals surface area (Å²) in [7, 11) is 0. The van der Waals surface area contributed by atoms with E-state index >= 15 is 4.39 Å². The lowest BCUT2D eigenvalue weighted by Crippen LogP contribution is -2.32. The highest BCUT2D eigenvalue weighted by Gasteiger charge is 2.19. The van der Waals surface area contributed by atoms with Crippen molar-refractivity contribution in [2.24, 2.45) is 0 Å². The minimum atomic E-state index is -0.632. The molecule has 2 aromatic carbocycles. The maximum absolute atomic E-state index is 15.5. The molecular weight excluding hydrogens is 469 g/mol. The molecule has 0 aliphatic rings. The predicted octanol–water partition coefficient (Wildman–Crippen LogP) is 9.31. The maximum Gasteiger partial charge on any atom is 0.407 e. The Kier molecular flexibility index (Phi) is 12.7. The standard InChI is InChI=1S/C27H30FNO4.2C2H6/c1-7-17(2)18(3)32-16-19-13-20-11-12-31-25(20)23(14-19)22-10-8-9-21(24(22)28)15-29-26(30)33-27(4,5)6;2*1-2/h8-14H,2-3,7,15-16H2,1,4-6H3,(H,29,30);2*1-2H3. The average Bonchev–Trinajstić information content (AvgIpc) is 3.36. The number of rotatable bonds is 8. The first-order valence-corrected chi connectivity index (χ1v) is 12.8. The van der Waals surface area contributed by atoms with Gasteiger partial charge in [-0.05, 0) is 56.5 Å². The van der Waals surface area contributed by atoms with Gasteiger partial charge in [-0.25, -0.2) is 9.18 Å². The number of benzene rings is 2. The van der Waals surface area contributed by atoms with Crippen LogP contribution in [0.5, 0.6) is 0 Å². The Bertz CT molecular complexity index is 1190. The van der Waals surface area contributed by atoms with Gasteiger partial charge in [-0.1, -0.05) is 66.0 Å². The normalized spacial score (nSPS) is 10.4. The molecule has 0 atom stereocenters. The van der Waals surface area contributed by atoms with Gasteiger partial charge in [0.05, 0.1) is 6.26 Å². The van der Waals surface area contributed by atoms with Crippen molar-refractivity contribution in [2.75, 3.05) is 0 Å². The first-order valence-electron chi connectivity index (χ1n) is 12.8. The molecule has 37 heavy (non-hydrogen) atoms. The average molecular weight is 512 g/mol. The van der Waals surface area contributed by atoms with Gasteiger partial charge >= 0.3 is 6.09 Å². The number of alkyl carbamates (subject to hydrolysis) is 1. The van der Waals surface area contributed by atoms with Crippen LogP contribution in [0.4, 0.5) is 9.18 Å². The maximum atomic E-state index is 15.5. The van der Waals surface area contributed by atoms with Gasteiger partial charge in [0.15, 0.2) is 0 Å². The SMILES string of the molecule is C=C(CC)C(=C)OCc1cc(-c2cccc(CNC(=O)OC(C)(C)C)c2F)c2occc2c1.CC.CC. The van der Waals surface area contributed by atoms with Gasteiger partial charge in [-0.2, -0.15) is 0 Å². The van der Waals surface area contributed by atoms with E-state index in [2.05, 4.69) is 18.5 Å². The molecule has 5 nitrogen and oxygen atoms in total. The van der Waals surface area contributed by atoms with Crippen LogP contribution in [-0.4, -0.2) is 11.7 Å². The quantitative estimate of drug-likeness (QED) is 0.242. The molecule has 0 saturated heterocycles. The lowest BCUT2D eigenvalue weighted by molar-refractivity contribution is 0.0523. The number of amides is 1. The smallest absolute Gasteiger partial charge is 0.407 e. The van der Waals surface area contributed by atoms with Crippen molar-refractivity contribution in [3.05, 3.63) is 84.1 Å². The summed E-state index contributed by atoms with van der Waals surface area (Å²) in [5.74, 6) is 0.0980. The van der Waals surface area contributed by atoms with Crippen LogP contribution in [0.15, 0.2) is 71.6 Å². The van der Waals surface area contributed by atoms with E-state index in [9.17, 15) is 4.79 Å². The molecule has 1 N–H and O–H groups in total. The monoisotopic (exact) mass is 511 g/mol. The van der Waals surface area contributed by atoms with Crippen LogP contribution in [0.25, 0.3) is 22.1 Å². The van der Waals surface area contributed by atoms with Crippen molar-refractivity contribution in [2.45, 2.75) is 80.6 Å². The molecule has 0 bridgehead atoms. The van der Waals surface area contributed by atoms with Crippen molar-refractivity contribution in [3.63, 3.8) is 0 Å². The van der Waals surface area contributed by atoms with E-state index in [0.717, 1.165) is 22.9 Å². The van der Waals surface area contributed by atoms with Crippen molar-refractivity contribution >= 4 is 17.1 Å². The fraction of sp³-hybridized carbons (Fsp3) is 0.387.